The normalized spacial score (nSPS) is 14.3. The fraction of sp³-hybridized carbons (Fsp3) is 0.375. The average molecular weight is 331 g/mol. The molecule has 8 heteroatoms. The first-order valence-electron chi connectivity index (χ1n) is 7.56. The zero-order valence-corrected chi connectivity index (χ0v) is 13.4. The van der Waals surface area contributed by atoms with E-state index < -0.39 is 17.5 Å². The lowest BCUT2D eigenvalue weighted by Crippen LogP contribution is -2.51. The predicted molar refractivity (Wildman–Crippen MR) is 85.0 cm³/mol. The van der Waals surface area contributed by atoms with Gasteiger partial charge in [0, 0.05) is 25.5 Å². The minimum atomic E-state index is -0.661. The van der Waals surface area contributed by atoms with Crippen LogP contribution in [0.1, 0.15) is 23.3 Å². The third-order valence-corrected chi connectivity index (χ3v) is 3.97. The van der Waals surface area contributed by atoms with E-state index in [2.05, 4.69) is 9.72 Å². The molecule has 1 aliphatic heterocycles. The van der Waals surface area contributed by atoms with Gasteiger partial charge in [-0.05, 0) is 19.1 Å². The highest BCUT2D eigenvalue weighted by molar-refractivity contribution is 5.93. The molecule has 3 rings (SSSR count). The van der Waals surface area contributed by atoms with Crippen LogP contribution in [0.15, 0.2) is 29.3 Å². The molecule has 0 N–H and O–H groups in total. The number of rotatable bonds is 3. The lowest BCUT2D eigenvalue weighted by atomic mass is 10.1. The number of ether oxygens (including phenoxy) is 2. The Morgan fingerprint density at radius 2 is 2.12 bits per heavy atom. The summed E-state index contributed by atoms with van der Waals surface area (Å²) in [6.45, 7) is 2.70. The molecule has 1 amide bonds. The summed E-state index contributed by atoms with van der Waals surface area (Å²) in [7, 11) is 1.32. The van der Waals surface area contributed by atoms with Crippen LogP contribution < -0.4 is 5.43 Å². The lowest BCUT2D eigenvalue weighted by Gasteiger charge is -2.39. The fourth-order valence-electron chi connectivity index (χ4n) is 2.73. The topological polar surface area (TPSA) is 90.7 Å². The molecule has 8 nitrogen and oxygen atoms in total. The van der Waals surface area contributed by atoms with Gasteiger partial charge >= 0.3 is 12.1 Å². The molecule has 0 bridgehead atoms. The van der Waals surface area contributed by atoms with Gasteiger partial charge in [0.05, 0.1) is 25.1 Å². The third kappa shape index (κ3) is 2.60. The molecule has 1 aliphatic rings. The molecule has 0 unspecified atom stereocenters. The van der Waals surface area contributed by atoms with Crippen LogP contribution in [-0.4, -0.2) is 53.3 Å². The minimum absolute atomic E-state index is 0.0335. The van der Waals surface area contributed by atoms with E-state index in [1.165, 1.54) is 18.2 Å². The molecular weight excluding hydrogens is 314 g/mol. The Labute approximate surface area is 137 Å². The number of esters is 1. The van der Waals surface area contributed by atoms with Crippen molar-refractivity contribution in [3.63, 3.8) is 0 Å². The molecule has 0 aliphatic carbocycles. The number of hydrogen-bond donors (Lipinski definition) is 0. The first-order chi connectivity index (χ1) is 11.6. The summed E-state index contributed by atoms with van der Waals surface area (Å²) in [4.78, 5) is 41.9. The first-order valence-corrected chi connectivity index (χ1v) is 7.56. The van der Waals surface area contributed by atoms with Crippen LogP contribution in [0.4, 0.5) is 4.79 Å². The van der Waals surface area contributed by atoms with Crippen LogP contribution in [0, 0.1) is 0 Å². The summed E-state index contributed by atoms with van der Waals surface area (Å²) in [6.07, 6.45) is 2.64. The number of methoxy groups -OCH3 is 1. The quantitative estimate of drug-likeness (QED) is 0.785. The number of aromatic nitrogens is 2. The van der Waals surface area contributed by atoms with Gasteiger partial charge in [0.15, 0.2) is 0 Å². The predicted octanol–water partition coefficient (Wildman–Crippen LogP) is 1.20. The van der Waals surface area contributed by atoms with Gasteiger partial charge in [-0.15, -0.1) is 0 Å². The van der Waals surface area contributed by atoms with Crippen molar-refractivity contribution in [1.82, 2.24) is 14.5 Å². The van der Waals surface area contributed by atoms with Crippen LogP contribution in [0.25, 0.3) is 11.0 Å². The van der Waals surface area contributed by atoms with Crippen molar-refractivity contribution >= 4 is 23.1 Å². The second-order valence-corrected chi connectivity index (χ2v) is 5.40. The van der Waals surface area contributed by atoms with E-state index in [1.54, 1.807) is 29.8 Å². The number of likely N-dealkylation sites (tertiary alicyclic amines) is 1. The van der Waals surface area contributed by atoms with E-state index in [1.807, 2.05) is 0 Å². The second kappa shape index (κ2) is 6.31. The highest BCUT2D eigenvalue weighted by Crippen LogP contribution is 2.25. The van der Waals surface area contributed by atoms with E-state index in [-0.39, 0.29) is 18.2 Å². The van der Waals surface area contributed by atoms with Gasteiger partial charge < -0.3 is 18.9 Å². The highest BCUT2D eigenvalue weighted by atomic mass is 16.5. The summed E-state index contributed by atoms with van der Waals surface area (Å²) in [5, 5.41) is 0.347. The fourth-order valence-corrected chi connectivity index (χ4v) is 2.73. The molecule has 1 fully saturated rings. The minimum Gasteiger partial charge on any atom is -0.462 e. The van der Waals surface area contributed by atoms with Crippen LogP contribution in [-0.2, 0) is 9.47 Å². The van der Waals surface area contributed by atoms with Crippen molar-refractivity contribution in [3.8, 4) is 0 Å². The average Bonchev–Trinajstić information content (AvgIpc) is 2.55. The number of fused-ring (bicyclic) bond motifs is 1. The van der Waals surface area contributed by atoms with Gasteiger partial charge in [-0.2, -0.15) is 0 Å². The Morgan fingerprint density at radius 3 is 2.79 bits per heavy atom. The second-order valence-electron chi connectivity index (χ2n) is 5.40. The van der Waals surface area contributed by atoms with Gasteiger partial charge in [-0.3, -0.25) is 4.79 Å². The first kappa shape index (κ1) is 16.0. The Kier molecular flexibility index (Phi) is 4.20. The number of hydrogen-bond acceptors (Lipinski definition) is 6. The number of nitrogens with zero attached hydrogens (tertiary/aromatic N) is 3. The summed E-state index contributed by atoms with van der Waals surface area (Å²) < 4.78 is 11.4. The summed E-state index contributed by atoms with van der Waals surface area (Å²) in [6, 6.07) is 3.18. The van der Waals surface area contributed by atoms with Gasteiger partial charge in [-0.1, -0.05) is 0 Å². The molecular formula is C16H17N3O5. The zero-order chi connectivity index (χ0) is 17.3. The third-order valence-electron chi connectivity index (χ3n) is 3.97. The molecule has 2 aromatic rings. The lowest BCUT2D eigenvalue weighted by molar-refractivity contribution is 0.0519. The van der Waals surface area contributed by atoms with Gasteiger partial charge in [0.2, 0.25) is 5.43 Å². The Morgan fingerprint density at radius 1 is 1.38 bits per heavy atom. The van der Waals surface area contributed by atoms with Crippen molar-refractivity contribution < 1.29 is 19.1 Å². The molecule has 0 saturated carbocycles. The monoisotopic (exact) mass is 331 g/mol. The van der Waals surface area contributed by atoms with Crippen LogP contribution in [0.5, 0.6) is 0 Å². The molecule has 0 atom stereocenters. The Hall–Kier alpha value is -2.90. The van der Waals surface area contributed by atoms with E-state index in [0.29, 0.717) is 24.1 Å². The van der Waals surface area contributed by atoms with E-state index in [0.717, 1.165) is 0 Å². The van der Waals surface area contributed by atoms with Crippen molar-refractivity contribution in [1.29, 1.82) is 0 Å². The molecule has 24 heavy (non-hydrogen) atoms. The smallest absolute Gasteiger partial charge is 0.409 e. The molecule has 0 spiro atoms. The molecule has 2 aromatic heterocycles. The van der Waals surface area contributed by atoms with Crippen molar-refractivity contribution in [2.75, 3.05) is 26.8 Å². The Bertz CT molecular complexity index is 854. The SMILES string of the molecule is CCOC(=O)c1cn(C2CN(C(=O)OC)C2)c2ncccc2c1=O. The molecule has 0 radical (unpaired) electrons. The zero-order valence-electron chi connectivity index (χ0n) is 13.4. The van der Waals surface area contributed by atoms with Gasteiger partial charge in [0.1, 0.15) is 11.2 Å². The molecule has 1 saturated heterocycles. The maximum atomic E-state index is 12.5. The molecule has 126 valence electrons. The summed E-state index contributed by atoms with van der Waals surface area (Å²) in [5.41, 5.74) is 0.0379. The summed E-state index contributed by atoms with van der Waals surface area (Å²) in [5.74, 6) is -0.661. The van der Waals surface area contributed by atoms with Crippen LogP contribution in [0.3, 0.4) is 0 Å². The summed E-state index contributed by atoms with van der Waals surface area (Å²) >= 11 is 0. The van der Waals surface area contributed by atoms with Crippen molar-refractivity contribution in [2.45, 2.75) is 13.0 Å². The largest absolute Gasteiger partial charge is 0.462 e. The van der Waals surface area contributed by atoms with Crippen molar-refractivity contribution in [3.05, 3.63) is 40.3 Å². The number of amides is 1. The van der Waals surface area contributed by atoms with Crippen LogP contribution in [0.2, 0.25) is 0 Å². The van der Waals surface area contributed by atoms with Crippen LogP contribution >= 0.6 is 0 Å². The maximum absolute atomic E-state index is 12.5. The Balaban J connectivity index is 2.04. The van der Waals surface area contributed by atoms with Gasteiger partial charge in [-0.25, -0.2) is 14.6 Å². The number of pyridine rings is 2. The number of carbonyl (C=O) groups excluding carboxylic acids is 2. The number of carbonyl (C=O) groups is 2. The highest BCUT2D eigenvalue weighted by Gasteiger charge is 2.34. The molecule has 0 aromatic carbocycles. The van der Waals surface area contributed by atoms with Crippen molar-refractivity contribution in [2.24, 2.45) is 0 Å². The molecule has 3 heterocycles. The van der Waals surface area contributed by atoms with E-state index >= 15 is 0 Å². The van der Waals surface area contributed by atoms with E-state index in [4.69, 9.17) is 4.74 Å². The van der Waals surface area contributed by atoms with E-state index in [9.17, 15) is 14.4 Å². The maximum Gasteiger partial charge on any atom is 0.409 e. The van der Waals surface area contributed by atoms with Gasteiger partial charge in [0.25, 0.3) is 0 Å². The standard InChI is InChI=1S/C16H17N3O5/c1-3-24-15(21)12-9-19(10-7-18(8-10)16(22)23-2)14-11(13(12)20)5-4-6-17-14/h4-6,9-10H,3,7-8H2,1-2H3.